The molecule has 0 aliphatic carbocycles. The van der Waals surface area contributed by atoms with E-state index in [1.165, 1.54) is 5.56 Å². The Hall–Kier alpha value is -0.900. The summed E-state index contributed by atoms with van der Waals surface area (Å²) in [5.74, 6) is 0. The van der Waals surface area contributed by atoms with E-state index in [9.17, 15) is 10.2 Å². The SMILES string of the molecule is CCc1cccc(C(O)C(O)CNC)c1. The van der Waals surface area contributed by atoms with Gasteiger partial charge >= 0.3 is 0 Å². The number of hydrogen-bond donors (Lipinski definition) is 3. The van der Waals surface area contributed by atoms with Crippen molar-refractivity contribution in [3.8, 4) is 0 Å². The first-order valence-corrected chi connectivity index (χ1v) is 5.28. The molecule has 3 nitrogen and oxygen atoms in total. The van der Waals surface area contributed by atoms with Crippen LogP contribution in [0.3, 0.4) is 0 Å². The van der Waals surface area contributed by atoms with Crippen molar-refractivity contribution >= 4 is 0 Å². The minimum absolute atomic E-state index is 0.386. The molecular weight excluding hydrogens is 190 g/mol. The van der Waals surface area contributed by atoms with Crippen LogP contribution in [0, 0.1) is 0 Å². The van der Waals surface area contributed by atoms with Crippen molar-refractivity contribution in [3.63, 3.8) is 0 Å². The van der Waals surface area contributed by atoms with Gasteiger partial charge in [0, 0.05) is 6.54 Å². The van der Waals surface area contributed by atoms with Crippen LogP contribution in [-0.2, 0) is 6.42 Å². The van der Waals surface area contributed by atoms with E-state index in [1.54, 1.807) is 7.05 Å². The summed E-state index contributed by atoms with van der Waals surface area (Å²) in [5, 5.41) is 22.3. The van der Waals surface area contributed by atoms with Crippen molar-refractivity contribution < 1.29 is 10.2 Å². The molecule has 0 radical (unpaired) electrons. The summed E-state index contributed by atoms with van der Waals surface area (Å²) in [6, 6.07) is 7.69. The molecule has 0 amide bonds. The molecule has 0 aromatic heterocycles. The van der Waals surface area contributed by atoms with Gasteiger partial charge in [0.05, 0.1) is 6.10 Å². The number of nitrogens with one attached hydrogen (secondary N) is 1. The van der Waals surface area contributed by atoms with E-state index in [0.717, 1.165) is 12.0 Å². The Morgan fingerprint density at radius 1 is 1.33 bits per heavy atom. The third-order valence-corrected chi connectivity index (χ3v) is 2.48. The van der Waals surface area contributed by atoms with Crippen LogP contribution in [0.5, 0.6) is 0 Å². The highest BCUT2D eigenvalue weighted by Crippen LogP contribution is 2.18. The molecular formula is C12H19NO2. The van der Waals surface area contributed by atoms with Gasteiger partial charge in [-0.2, -0.15) is 0 Å². The largest absolute Gasteiger partial charge is 0.389 e. The van der Waals surface area contributed by atoms with Gasteiger partial charge in [0.15, 0.2) is 0 Å². The van der Waals surface area contributed by atoms with Crippen LogP contribution in [0.25, 0.3) is 0 Å². The van der Waals surface area contributed by atoms with E-state index in [-0.39, 0.29) is 0 Å². The quantitative estimate of drug-likeness (QED) is 0.674. The molecule has 0 saturated carbocycles. The summed E-state index contributed by atoms with van der Waals surface area (Å²) in [7, 11) is 1.75. The fraction of sp³-hybridized carbons (Fsp3) is 0.500. The van der Waals surface area contributed by atoms with Gasteiger partial charge in [0.1, 0.15) is 6.10 Å². The normalized spacial score (nSPS) is 14.9. The zero-order valence-corrected chi connectivity index (χ0v) is 9.27. The van der Waals surface area contributed by atoms with Crippen molar-refractivity contribution in [1.82, 2.24) is 5.32 Å². The molecule has 3 N–H and O–H groups in total. The molecule has 0 aliphatic heterocycles. The Labute approximate surface area is 90.8 Å². The van der Waals surface area contributed by atoms with Crippen LogP contribution in [0.4, 0.5) is 0 Å². The van der Waals surface area contributed by atoms with E-state index >= 15 is 0 Å². The minimum atomic E-state index is -0.816. The van der Waals surface area contributed by atoms with E-state index < -0.39 is 12.2 Å². The van der Waals surface area contributed by atoms with Crippen LogP contribution < -0.4 is 5.32 Å². The molecule has 2 atom stereocenters. The zero-order valence-electron chi connectivity index (χ0n) is 9.27. The highest BCUT2D eigenvalue weighted by Gasteiger charge is 2.17. The van der Waals surface area contributed by atoms with Crippen molar-refractivity contribution in [2.45, 2.75) is 25.6 Å². The van der Waals surface area contributed by atoms with E-state index in [2.05, 4.69) is 12.2 Å². The predicted octanol–water partition coefficient (Wildman–Crippen LogP) is 0.863. The van der Waals surface area contributed by atoms with Crippen molar-refractivity contribution in [2.75, 3.05) is 13.6 Å². The average molecular weight is 209 g/mol. The molecule has 84 valence electrons. The summed E-state index contributed by atoms with van der Waals surface area (Å²) in [4.78, 5) is 0. The molecule has 1 aromatic rings. The van der Waals surface area contributed by atoms with Crippen molar-refractivity contribution in [3.05, 3.63) is 35.4 Å². The highest BCUT2D eigenvalue weighted by atomic mass is 16.3. The fourth-order valence-corrected chi connectivity index (χ4v) is 1.54. The number of aliphatic hydroxyl groups excluding tert-OH is 2. The lowest BCUT2D eigenvalue weighted by Crippen LogP contribution is -2.29. The third kappa shape index (κ3) is 3.30. The van der Waals surface area contributed by atoms with Crippen molar-refractivity contribution in [1.29, 1.82) is 0 Å². The standard InChI is InChI=1S/C12H19NO2/c1-3-9-5-4-6-10(7-9)12(15)11(14)8-13-2/h4-7,11-15H,3,8H2,1-2H3. The number of rotatable bonds is 5. The second-order valence-electron chi connectivity index (χ2n) is 3.67. The second-order valence-corrected chi connectivity index (χ2v) is 3.67. The number of aliphatic hydroxyl groups is 2. The average Bonchev–Trinajstić information content (AvgIpc) is 2.28. The maximum atomic E-state index is 9.85. The maximum Gasteiger partial charge on any atom is 0.106 e. The Balaban J connectivity index is 2.76. The Bertz CT molecular complexity index is 301. The number of likely N-dealkylation sites (N-methyl/N-ethyl adjacent to an activating group) is 1. The van der Waals surface area contributed by atoms with Gasteiger partial charge in [0.25, 0.3) is 0 Å². The summed E-state index contributed by atoms with van der Waals surface area (Å²) < 4.78 is 0. The van der Waals surface area contributed by atoms with Gasteiger partial charge in [0.2, 0.25) is 0 Å². The van der Waals surface area contributed by atoms with Crippen LogP contribution in [0.2, 0.25) is 0 Å². The second kappa shape index (κ2) is 5.85. The van der Waals surface area contributed by atoms with Crippen molar-refractivity contribution in [2.24, 2.45) is 0 Å². The molecule has 0 bridgehead atoms. The Morgan fingerprint density at radius 2 is 2.07 bits per heavy atom. The molecule has 1 rings (SSSR count). The van der Waals surface area contributed by atoms with Gasteiger partial charge < -0.3 is 15.5 Å². The zero-order chi connectivity index (χ0) is 11.3. The fourth-order valence-electron chi connectivity index (χ4n) is 1.54. The van der Waals surface area contributed by atoms with Crippen LogP contribution in [-0.4, -0.2) is 29.9 Å². The first kappa shape index (κ1) is 12.2. The number of benzene rings is 1. The number of hydrogen-bond acceptors (Lipinski definition) is 3. The summed E-state index contributed by atoms with van der Waals surface area (Å²) in [6.45, 7) is 2.45. The monoisotopic (exact) mass is 209 g/mol. The summed E-state index contributed by atoms with van der Waals surface area (Å²) in [6.07, 6.45) is -0.645. The Morgan fingerprint density at radius 3 is 2.67 bits per heavy atom. The Kier molecular flexibility index (Phi) is 4.75. The molecule has 0 aliphatic rings. The maximum absolute atomic E-state index is 9.85. The van der Waals surface area contributed by atoms with Gasteiger partial charge in [-0.1, -0.05) is 31.2 Å². The molecule has 3 heteroatoms. The molecule has 2 unspecified atom stereocenters. The van der Waals surface area contributed by atoms with Crippen LogP contribution in [0.15, 0.2) is 24.3 Å². The van der Waals surface area contributed by atoms with E-state index in [1.807, 2.05) is 24.3 Å². The summed E-state index contributed by atoms with van der Waals surface area (Å²) in [5.41, 5.74) is 1.94. The molecule has 1 aromatic carbocycles. The minimum Gasteiger partial charge on any atom is -0.389 e. The third-order valence-electron chi connectivity index (χ3n) is 2.48. The van der Waals surface area contributed by atoms with E-state index in [0.29, 0.717) is 6.54 Å². The molecule has 0 fully saturated rings. The summed E-state index contributed by atoms with van der Waals surface area (Å²) >= 11 is 0. The van der Waals surface area contributed by atoms with Gasteiger partial charge in [-0.15, -0.1) is 0 Å². The van der Waals surface area contributed by atoms with Crippen LogP contribution >= 0.6 is 0 Å². The lowest BCUT2D eigenvalue weighted by molar-refractivity contribution is 0.0202. The number of aryl methyl sites for hydroxylation is 1. The first-order valence-electron chi connectivity index (χ1n) is 5.28. The highest BCUT2D eigenvalue weighted by molar-refractivity contribution is 5.25. The van der Waals surface area contributed by atoms with Gasteiger partial charge in [-0.3, -0.25) is 0 Å². The topological polar surface area (TPSA) is 52.5 Å². The molecule has 0 heterocycles. The van der Waals surface area contributed by atoms with Gasteiger partial charge in [-0.05, 0) is 24.6 Å². The lowest BCUT2D eigenvalue weighted by Gasteiger charge is -2.18. The van der Waals surface area contributed by atoms with Gasteiger partial charge in [-0.25, -0.2) is 0 Å². The smallest absolute Gasteiger partial charge is 0.106 e. The molecule has 15 heavy (non-hydrogen) atoms. The first-order chi connectivity index (χ1) is 7.19. The molecule has 0 saturated heterocycles. The predicted molar refractivity (Wildman–Crippen MR) is 60.7 cm³/mol. The van der Waals surface area contributed by atoms with E-state index in [4.69, 9.17) is 0 Å². The lowest BCUT2D eigenvalue weighted by atomic mass is 10.0. The van der Waals surface area contributed by atoms with Crippen LogP contribution in [0.1, 0.15) is 24.2 Å². The molecule has 0 spiro atoms.